The minimum atomic E-state index is -0.140. The van der Waals surface area contributed by atoms with Crippen molar-refractivity contribution in [2.24, 2.45) is 0 Å². The Morgan fingerprint density at radius 2 is 2.33 bits per heavy atom. The molecule has 7 heteroatoms. The molecule has 0 saturated heterocycles. The number of amides is 1. The van der Waals surface area contributed by atoms with Gasteiger partial charge in [-0.15, -0.1) is 10.2 Å². The molecule has 1 heterocycles. The Morgan fingerprint density at radius 1 is 1.50 bits per heavy atom. The van der Waals surface area contributed by atoms with Crippen LogP contribution in [0.1, 0.15) is 36.0 Å². The van der Waals surface area contributed by atoms with Gasteiger partial charge in [0, 0.05) is 19.7 Å². The highest BCUT2D eigenvalue weighted by Gasteiger charge is 2.26. The van der Waals surface area contributed by atoms with Crippen LogP contribution in [0.15, 0.2) is 0 Å². The molecule has 2 N–H and O–H groups in total. The molecule has 18 heavy (non-hydrogen) atoms. The summed E-state index contributed by atoms with van der Waals surface area (Å²) < 4.78 is 5.28. The highest BCUT2D eigenvalue weighted by molar-refractivity contribution is 7.17. The molecule has 2 rings (SSSR count). The maximum atomic E-state index is 11.9. The predicted molar refractivity (Wildman–Crippen MR) is 70.0 cm³/mol. The molecular formula is C11H18N4O2S. The third-order valence-electron chi connectivity index (χ3n) is 3.00. The Labute approximate surface area is 110 Å². The topological polar surface area (TPSA) is 76.1 Å². The van der Waals surface area contributed by atoms with E-state index in [2.05, 4.69) is 20.8 Å². The van der Waals surface area contributed by atoms with Crippen molar-refractivity contribution >= 4 is 22.4 Å². The van der Waals surface area contributed by atoms with Gasteiger partial charge in [0.1, 0.15) is 0 Å². The summed E-state index contributed by atoms with van der Waals surface area (Å²) in [5, 5.41) is 14.9. The Balaban J connectivity index is 1.87. The zero-order chi connectivity index (χ0) is 13.0. The molecule has 0 bridgehead atoms. The molecule has 1 aliphatic carbocycles. The summed E-state index contributed by atoms with van der Waals surface area (Å²) in [6.07, 6.45) is 3.10. The number of ether oxygens (including phenoxy) is 1. The van der Waals surface area contributed by atoms with Gasteiger partial charge in [-0.3, -0.25) is 4.79 Å². The summed E-state index contributed by atoms with van der Waals surface area (Å²) in [5.41, 5.74) is 0. The van der Waals surface area contributed by atoms with E-state index in [1.807, 2.05) is 6.92 Å². The van der Waals surface area contributed by atoms with Crippen molar-refractivity contribution in [1.29, 1.82) is 0 Å². The summed E-state index contributed by atoms with van der Waals surface area (Å²) in [5.74, 6) is -0.140. The summed E-state index contributed by atoms with van der Waals surface area (Å²) in [7, 11) is 1.71. The Hall–Kier alpha value is -1.21. The van der Waals surface area contributed by atoms with E-state index in [9.17, 15) is 4.79 Å². The van der Waals surface area contributed by atoms with Crippen molar-refractivity contribution in [2.75, 3.05) is 19.0 Å². The molecule has 2 unspecified atom stereocenters. The van der Waals surface area contributed by atoms with Crippen molar-refractivity contribution in [3.8, 4) is 0 Å². The fraction of sp³-hybridized carbons (Fsp3) is 0.727. The van der Waals surface area contributed by atoms with E-state index < -0.39 is 0 Å². The maximum Gasteiger partial charge on any atom is 0.282 e. The third kappa shape index (κ3) is 3.17. The molecule has 100 valence electrons. The van der Waals surface area contributed by atoms with Crippen molar-refractivity contribution in [1.82, 2.24) is 15.5 Å². The summed E-state index contributed by atoms with van der Waals surface area (Å²) >= 11 is 1.28. The molecule has 0 aliphatic heterocycles. The van der Waals surface area contributed by atoms with E-state index in [4.69, 9.17) is 4.74 Å². The fourth-order valence-electron chi connectivity index (χ4n) is 2.07. The average molecular weight is 270 g/mol. The first-order valence-electron chi connectivity index (χ1n) is 6.14. The van der Waals surface area contributed by atoms with Gasteiger partial charge < -0.3 is 15.4 Å². The van der Waals surface area contributed by atoms with Crippen molar-refractivity contribution in [2.45, 2.75) is 38.3 Å². The largest absolute Gasteiger partial charge is 0.381 e. The van der Waals surface area contributed by atoms with Gasteiger partial charge in [-0.2, -0.15) is 0 Å². The Morgan fingerprint density at radius 3 is 3.00 bits per heavy atom. The van der Waals surface area contributed by atoms with E-state index in [-0.39, 0.29) is 18.1 Å². The van der Waals surface area contributed by atoms with Crippen LogP contribution in [0.25, 0.3) is 0 Å². The molecule has 1 amide bonds. The minimum absolute atomic E-state index is 0.140. The molecule has 6 nitrogen and oxygen atoms in total. The fourth-order valence-corrected chi connectivity index (χ4v) is 2.78. The van der Waals surface area contributed by atoms with Crippen LogP contribution in [0.2, 0.25) is 0 Å². The van der Waals surface area contributed by atoms with Gasteiger partial charge >= 0.3 is 0 Å². The minimum Gasteiger partial charge on any atom is -0.381 e. The number of nitrogens with one attached hydrogen (secondary N) is 2. The second-order valence-electron chi connectivity index (χ2n) is 4.28. The number of nitrogens with zero attached hydrogens (tertiary/aromatic N) is 2. The van der Waals surface area contributed by atoms with Crippen LogP contribution in [0.3, 0.4) is 0 Å². The van der Waals surface area contributed by atoms with Crippen LogP contribution in [-0.2, 0) is 4.74 Å². The number of hydrogen-bond donors (Lipinski definition) is 2. The second-order valence-corrected chi connectivity index (χ2v) is 5.26. The maximum absolute atomic E-state index is 11.9. The van der Waals surface area contributed by atoms with Crippen LogP contribution < -0.4 is 10.6 Å². The van der Waals surface area contributed by atoms with E-state index in [1.54, 1.807) is 7.11 Å². The molecule has 0 aromatic carbocycles. The molecule has 1 aromatic rings. The quantitative estimate of drug-likeness (QED) is 0.842. The van der Waals surface area contributed by atoms with Gasteiger partial charge in [0.2, 0.25) is 10.1 Å². The third-order valence-corrected chi connectivity index (χ3v) is 3.88. The Kier molecular flexibility index (Phi) is 4.48. The number of anilines is 1. The molecule has 2 atom stereocenters. The first-order chi connectivity index (χ1) is 8.72. The molecule has 1 aliphatic rings. The van der Waals surface area contributed by atoms with Gasteiger partial charge in [0.15, 0.2) is 0 Å². The standard InChI is InChI=1S/C11H18N4O2S/c1-3-12-11-15-14-10(18-11)9(16)13-7-4-5-8(6-7)17-2/h7-8H,3-6H2,1-2H3,(H,12,15)(H,13,16). The first-order valence-corrected chi connectivity index (χ1v) is 6.95. The van der Waals surface area contributed by atoms with Gasteiger partial charge in [-0.05, 0) is 26.2 Å². The number of aromatic nitrogens is 2. The molecule has 1 saturated carbocycles. The van der Waals surface area contributed by atoms with E-state index in [1.165, 1.54) is 11.3 Å². The highest BCUT2D eigenvalue weighted by atomic mass is 32.1. The number of hydrogen-bond acceptors (Lipinski definition) is 6. The van der Waals surface area contributed by atoms with Crippen molar-refractivity contribution in [3.05, 3.63) is 5.01 Å². The predicted octanol–water partition coefficient (Wildman–Crippen LogP) is 1.27. The summed E-state index contributed by atoms with van der Waals surface area (Å²) in [6.45, 7) is 2.75. The van der Waals surface area contributed by atoms with Crippen LogP contribution in [0.4, 0.5) is 5.13 Å². The van der Waals surface area contributed by atoms with Gasteiger partial charge in [0.25, 0.3) is 5.91 Å². The van der Waals surface area contributed by atoms with E-state index >= 15 is 0 Å². The lowest BCUT2D eigenvalue weighted by Gasteiger charge is -2.11. The van der Waals surface area contributed by atoms with Gasteiger partial charge in [0.05, 0.1) is 6.10 Å². The van der Waals surface area contributed by atoms with Gasteiger partial charge in [-0.1, -0.05) is 11.3 Å². The number of carbonyl (C=O) groups excluding carboxylic acids is 1. The van der Waals surface area contributed by atoms with Gasteiger partial charge in [-0.25, -0.2) is 0 Å². The van der Waals surface area contributed by atoms with Crippen molar-refractivity contribution < 1.29 is 9.53 Å². The molecular weight excluding hydrogens is 252 g/mol. The van der Waals surface area contributed by atoms with Crippen molar-refractivity contribution in [3.63, 3.8) is 0 Å². The summed E-state index contributed by atoms with van der Waals surface area (Å²) in [6, 6.07) is 0.189. The zero-order valence-electron chi connectivity index (χ0n) is 10.6. The first kappa shape index (κ1) is 13.2. The average Bonchev–Trinajstić information content (AvgIpc) is 2.98. The molecule has 0 spiro atoms. The molecule has 1 aromatic heterocycles. The monoisotopic (exact) mass is 270 g/mol. The second kappa shape index (κ2) is 6.10. The Bertz CT molecular complexity index is 410. The lowest BCUT2D eigenvalue weighted by atomic mass is 10.2. The van der Waals surface area contributed by atoms with E-state index in [0.29, 0.717) is 10.1 Å². The van der Waals surface area contributed by atoms with Crippen LogP contribution in [0, 0.1) is 0 Å². The zero-order valence-corrected chi connectivity index (χ0v) is 11.4. The summed E-state index contributed by atoms with van der Waals surface area (Å²) in [4.78, 5) is 11.9. The smallest absolute Gasteiger partial charge is 0.282 e. The van der Waals surface area contributed by atoms with Crippen LogP contribution >= 0.6 is 11.3 Å². The lowest BCUT2D eigenvalue weighted by molar-refractivity contribution is 0.0914. The van der Waals surface area contributed by atoms with Crippen LogP contribution in [0.5, 0.6) is 0 Å². The lowest BCUT2D eigenvalue weighted by Crippen LogP contribution is -2.33. The SMILES string of the molecule is CCNc1nnc(C(=O)NC2CCC(OC)C2)s1. The normalized spacial score (nSPS) is 23.0. The number of carbonyl (C=O) groups is 1. The number of rotatable bonds is 5. The van der Waals surface area contributed by atoms with Crippen LogP contribution in [-0.4, -0.2) is 41.9 Å². The molecule has 1 fully saturated rings. The van der Waals surface area contributed by atoms with E-state index in [0.717, 1.165) is 25.8 Å². The highest BCUT2D eigenvalue weighted by Crippen LogP contribution is 2.22. The number of methoxy groups -OCH3 is 1. The molecule has 0 radical (unpaired) electrons.